The summed E-state index contributed by atoms with van der Waals surface area (Å²) in [5.74, 6) is 2.25. The highest BCUT2D eigenvalue weighted by molar-refractivity contribution is 7.09. The van der Waals surface area contributed by atoms with Crippen molar-refractivity contribution >= 4 is 17.2 Å². The van der Waals surface area contributed by atoms with Gasteiger partial charge in [0.05, 0.1) is 39.3 Å². The highest BCUT2D eigenvalue weighted by Gasteiger charge is 2.19. The van der Waals surface area contributed by atoms with Crippen molar-refractivity contribution in [1.82, 2.24) is 9.88 Å². The molecule has 35 heavy (non-hydrogen) atoms. The molecule has 1 N–H and O–H groups in total. The highest BCUT2D eigenvalue weighted by Crippen LogP contribution is 2.30. The summed E-state index contributed by atoms with van der Waals surface area (Å²) >= 11 is 1.42. The van der Waals surface area contributed by atoms with Crippen molar-refractivity contribution < 1.29 is 28.5 Å². The third-order valence-electron chi connectivity index (χ3n) is 5.24. The minimum Gasteiger partial charge on any atom is -0.497 e. The van der Waals surface area contributed by atoms with Gasteiger partial charge in [-0.2, -0.15) is 0 Å². The lowest BCUT2D eigenvalue weighted by Crippen LogP contribution is -2.30. The van der Waals surface area contributed by atoms with Gasteiger partial charge in [0.1, 0.15) is 23.1 Å². The lowest BCUT2D eigenvalue weighted by Gasteiger charge is -2.23. The van der Waals surface area contributed by atoms with Gasteiger partial charge in [-0.15, -0.1) is 11.3 Å². The Morgan fingerprint density at radius 3 is 2.66 bits per heavy atom. The number of benzene rings is 2. The summed E-state index contributed by atoms with van der Waals surface area (Å²) < 4.78 is 22.2. The summed E-state index contributed by atoms with van der Waals surface area (Å²) in [6.07, 6.45) is 1.59. The van der Waals surface area contributed by atoms with Gasteiger partial charge in [-0.1, -0.05) is 12.1 Å². The maximum Gasteiger partial charge on any atom is 0.254 e. The van der Waals surface area contributed by atoms with Crippen molar-refractivity contribution in [2.75, 3.05) is 14.2 Å². The van der Waals surface area contributed by atoms with Crippen LogP contribution < -0.4 is 14.2 Å². The molecule has 0 bridgehead atoms. The Bertz CT molecular complexity index is 1250. The van der Waals surface area contributed by atoms with Gasteiger partial charge in [-0.05, 0) is 48.0 Å². The number of rotatable bonds is 11. The van der Waals surface area contributed by atoms with Crippen LogP contribution >= 0.6 is 11.3 Å². The van der Waals surface area contributed by atoms with E-state index >= 15 is 0 Å². The molecule has 2 aromatic carbocycles. The van der Waals surface area contributed by atoms with Gasteiger partial charge in [0, 0.05) is 17.5 Å². The van der Waals surface area contributed by atoms with Crippen LogP contribution in [0.1, 0.15) is 32.4 Å². The number of hydrogen-bond donors (Lipinski definition) is 1. The van der Waals surface area contributed by atoms with Crippen molar-refractivity contribution in [3.63, 3.8) is 0 Å². The maximum absolute atomic E-state index is 13.4. The number of amides is 1. The van der Waals surface area contributed by atoms with Crippen LogP contribution in [0, 0.1) is 0 Å². The zero-order valence-electron chi connectivity index (χ0n) is 19.5. The van der Waals surface area contributed by atoms with E-state index < -0.39 is 0 Å². The third-order valence-corrected chi connectivity index (χ3v) is 6.12. The van der Waals surface area contributed by atoms with Crippen molar-refractivity contribution in [2.24, 2.45) is 0 Å². The summed E-state index contributed by atoms with van der Waals surface area (Å²) in [6.45, 7) is 0.753. The number of thiazole rings is 1. The minimum absolute atomic E-state index is 0.109. The second-order valence-corrected chi connectivity index (χ2v) is 8.58. The molecular weight excluding hydrogens is 468 g/mol. The lowest BCUT2D eigenvalue weighted by atomic mass is 10.1. The SMILES string of the molecule is COc1cccc(C(=O)N(Cc2ccc(OC)c(OCc3nc(CO)cs3)c2)Cc2ccco2)c1. The van der Waals surface area contributed by atoms with E-state index in [2.05, 4.69) is 4.98 Å². The van der Waals surface area contributed by atoms with Crippen LogP contribution in [0.15, 0.2) is 70.7 Å². The van der Waals surface area contributed by atoms with E-state index in [9.17, 15) is 9.90 Å². The Balaban J connectivity index is 1.56. The normalized spacial score (nSPS) is 10.7. The first-order valence-corrected chi connectivity index (χ1v) is 11.8. The average molecular weight is 495 g/mol. The molecule has 8 nitrogen and oxygen atoms in total. The van der Waals surface area contributed by atoms with Crippen molar-refractivity contribution in [3.05, 3.63) is 93.8 Å². The van der Waals surface area contributed by atoms with Crippen LogP contribution in [0.25, 0.3) is 0 Å². The molecule has 1 amide bonds. The summed E-state index contributed by atoms with van der Waals surface area (Å²) in [4.78, 5) is 19.5. The number of methoxy groups -OCH3 is 2. The number of carbonyl (C=O) groups is 1. The average Bonchev–Trinajstić information content (AvgIpc) is 3.59. The third kappa shape index (κ3) is 6.20. The van der Waals surface area contributed by atoms with Gasteiger partial charge in [-0.3, -0.25) is 4.79 Å². The molecule has 4 rings (SSSR count). The van der Waals surface area contributed by atoms with Crippen LogP contribution in [0.4, 0.5) is 0 Å². The van der Waals surface area contributed by atoms with Gasteiger partial charge >= 0.3 is 0 Å². The molecule has 0 aliphatic carbocycles. The molecule has 0 saturated heterocycles. The number of aliphatic hydroxyl groups excluding tert-OH is 1. The predicted molar refractivity (Wildman–Crippen MR) is 131 cm³/mol. The first-order chi connectivity index (χ1) is 17.1. The van der Waals surface area contributed by atoms with E-state index in [1.165, 1.54) is 11.3 Å². The van der Waals surface area contributed by atoms with E-state index in [-0.39, 0.29) is 19.1 Å². The Hall–Kier alpha value is -3.82. The number of carbonyl (C=O) groups excluding carboxylic acids is 1. The molecule has 0 aliphatic rings. The number of ether oxygens (including phenoxy) is 3. The van der Waals surface area contributed by atoms with Gasteiger partial charge in [0.2, 0.25) is 0 Å². The van der Waals surface area contributed by atoms with Crippen molar-refractivity contribution in [2.45, 2.75) is 26.3 Å². The Kier molecular flexibility index (Phi) is 8.02. The van der Waals surface area contributed by atoms with Gasteiger partial charge < -0.3 is 28.6 Å². The Morgan fingerprint density at radius 1 is 1.06 bits per heavy atom. The van der Waals surface area contributed by atoms with Gasteiger partial charge in [-0.25, -0.2) is 4.98 Å². The molecular formula is C26H26N2O6S. The smallest absolute Gasteiger partial charge is 0.254 e. The monoisotopic (exact) mass is 494 g/mol. The molecule has 0 radical (unpaired) electrons. The van der Waals surface area contributed by atoms with Crippen LogP contribution in [0.3, 0.4) is 0 Å². The summed E-state index contributed by atoms with van der Waals surface area (Å²) in [5, 5.41) is 11.8. The highest BCUT2D eigenvalue weighted by atomic mass is 32.1. The fourth-order valence-electron chi connectivity index (χ4n) is 3.51. The number of furan rings is 1. The van der Waals surface area contributed by atoms with Crippen LogP contribution in [0.5, 0.6) is 17.2 Å². The Labute approximate surface area is 207 Å². The molecule has 0 spiro atoms. The first kappa shape index (κ1) is 24.3. The second kappa shape index (κ2) is 11.5. The minimum atomic E-state index is -0.155. The van der Waals surface area contributed by atoms with Crippen LogP contribution in [-0.2, 0) is 26.3 Å². The molecule has 0 unspecified atom stereocenters. The standard InChI is InChI=1S/C26H26N2O6S/c1-31-21-6-3-5-19(12-21)26(30)28(14-22-7-4-10-33-22)13-18-8-9-23(32-2)24(11-18)34-16-25-27-20(15-29)17-35-25/h3-12,17,29H,13-16H2,1-2H3. The van der Waals surface area contributed by atoms with Crippen LogP contribution in [-0.4, -0.2) is 35.1 Å². The second-order valence-electron chi connectivity index (χ2n) is 7.64. The number of aliphatic hydroxyl groups is 1. The fraction of sp³-hybridized carbons (Fsp3) is 0.231. The van der Waals surface area contributed by atoms with Crippen molar-refractivity contribution in [3.8, 4) is 17.2 Å². The molecule has 0 aliphatic heterocycles. The lowest BCUT2D eigenvalue weighted by molar-refractivity contribution is 0.0717. The number of nitrogens with zero attached hydrogens (tertiary/aromatic N) is 2. The van der Waals surface area contributed by atoms with E-state index in [1.807, 2.05) is 24.3 Å². The molecule has 0 fully saturated rings. The van der Waals surface area contributed by atoms with Crippen molar-refractivity contribution in [1.29, 1.82) is 0 Å². The quantitative estimate of drug-likeness (QED) is 0.324. The topological polar surface area (TPSA) is 94.3 Å². The van der Waals surface area contributed by atoms with Crippen LogP contribution in [0.2, 0.25) is 0 Å². The predicted octanol–water partition coefficient (Wildman–Crippen LogP) is 4.67. The molecule has 182 valence electrons. The zero-order chi connectivity index (χ0) is 24.6. The molecule has 2 heterocycles. The fourth-order valence-corrected chi connectivity index (χ4v) is 4.21. The molecule has 4 aromatic rings. The summed E-state index contributed by atoms with van der Waals surface area (Å²) in [6, 6.07) is 16.3. The molecule has 0 atom stereocenters. The van der Waals surface area contributed by atoms with Gasteiger partial charge in [0.15, 0.2) is 11.5 Å². The molecule has 2 aromatic heterocycles. The first-order valence-electron chi connectivity index (χ1n) is 10.9. The Morgan fingerprint density at radius 2 is 1.94 bits per heavy atom. The largest absolute Gasteiger partial charge is 0.497 e. The van der Waals surface area contributed by atoms with E-state index in [0.29, 0.717) is 47.4 Å². The summed E-state index contributed by atoms with van der Waals surface area (Å²) in [7, 11) is 3.14. The van der Waals surface area contributed by atoms with Gasteiger partial charge in [0.25, 0.3) is 5.91 Å². The van der Waals surface area contributed by atoms with E-state index in [0.717, 1.165) is 10.6 Å². The maximum atomic E-state index is 13.4. The van der Waals surface area contributed by atoms with E-state index in [1.54, 1.807) is 61.1 Å². The molecule has 0 saturated carbocycles. The number of aromatic nitrogens is 1. The van der Waals surface area contributed by atoms with E-state index in [4.69, 9.17) is 18.6 Å². The number of hydrogen-bond acceptors (Lipinski definition) is 8. The zero-order valence-corrected chi connectivity index (χ0v) is 20.3. The molecule has 9 heteroatoms. The summed E-state index contributed by atoms with van der Waals surface area (Å²) in [5.41, 5.74) is 1.99.